The fraction of sp³-hybridized carbons (Fsp3) is 0.310. The number of hydrogen-bond donors (Lipinski definition) is 1. The van der Waals surface area contributed by atoms with Gasteiger partial charge in [-0.25, -0.2) is 8.42 Å². The molecule has 0 saturated heterocycles. The zero-order chi connectivity index (χ0) is 28.7. The lowest BCUT2D eigenvalue weighted by molar-refractivity contribution is -0.139. The number of sulfonamides is 1. The van der Waals surface area contributed by atoms with Crippen molar-refractivity contribution in [2.24, 2.45) is 5.92 Å². The molecule has 0 bridgehead atoms. The molecule has 3 aromatic rings. The molecule has 208 valence electrons. The number of amides is 2. The average Bonchev–Trinajstić information content (AvgIpc) is 2.91. The van der Waals surface area contributed by atoms with Crippen molar-refractivity contribution < 1.29 is 18.0 Å². The van der Waals surface area contributed by atoms with E-state index in [0.29, 0.717) is 22.8 Å². The smallest absolute Gasteiger partial charge is 0.264 e. The fourth-order valence-electron chi connectivity index (χ4n) is 3.91. The van der Waals surface area contributed by atoms with Crippen molar-refractivity contribution in [3.05, 3.63) is 93.4 Å². The monoisotopic (exact) mass is 633 g/mol. The molecule has 0 heterocycles. The molecule has 3 rings (SSSR count). The van der Waals surface area contributed by atoms with Crippen molar-refractivity contribution >= 4 is 55.1 Å². The number of nitrogens with zero attached hydrogens (tertiary/aromatic N) is 2. The molecule has 2 amide bonds. The summed E-state index contributed by atoms with van der Waals surface area (Å²) in [5, 5.41) is 3.22. The second-order valence-corrected chi connectivity index (χ2v) is 12.9. The highest BCUT2D eigenvalue weighted by molar-refractivity contribution is 9.10. The minimum atomic E-state index is -4.15. The van der Waals surface area contributed by atoms with Crippen LogP contribution < -0.4 is 9.62 Å². The normalized spacial score (nSPS) is 12.2. The molecule has 0 saturated carbocycles. The predicted octanol–water partition coefficient (Wildman–Crippen LogP) is 5.80. The van der Waals surface area contributed by atoms with Gasteiger partial charge < -0.3 is 10.2 Å². The van der Waals surface area contributed by atoms with Crippen molar-refractivity contribution in [3.8, 4) is 0 Å². The molecule has 0 unspecified atom stereocenters. The van der Waals surface area contributed by atoms with Crippen LogP contribution in [0.2, 0.25) is 5.02 Å². The van der Waals surface area contributed by atoms with Gasteiger partial charge in [0, 0.05) is 22.6 Å². The Bertz CT molecular complexity index is 1400. The second-order valence-electron chi connectivity index (χ2n) is 9.72. The molecule has 0 radical (unpaired) electrons. The number of hydrogen-bond acceptors (Lipinski definition) is 4. The molecule has 0 fully saturated rings. The van der Waals surface area contributed by atoms with Crippen LogP contribution in [-0.2, 0) is 26.2 Å². The van der Waals surface area contributed by atoms with Crippen LogP contribution in [0.5, 0.6) is 0 Å². The summed E-state index contributed by atoms with van der Waals surface area (Å²) in [6.07, 6.45) is 0. The number of carbonyl (C=O) groups excluding carboxylic acids is 2. The number of anilines is 1. The zero-order valence-corrected chi connectivity index (χ0v) is 25.6. The highest BCUT2D eigenvalue weighted by Gasteiger charge is 2.33. The number of benzene rings is 3. The summed E-state index contributed by atoms with van der Waals surface area (Å²) < 4.78 is 29.7. The third-order valence-electron chi connectivity index (χ3n) is 6.17. The van der Waals surface area contributed by atoms with Gasteiger partial charge in [-0.3, -0.25) is 13.9 Å². The fourth-order valence-corrected chi connectivity index (χ4v) is 5.83. The van der Waals surface area contributed by atoms with Crippen LogP contribution in [0.25, 0.3) is 0 Å². The molecule has 3 aromatic carbocycles. The molecule has 0 aliphatic heterocycles. The number of rotatable bonds is 11. The molecule has 7 nitrogen and oxygen atoms in total. The first-order valence-corrected chi connectivity index (χ1v) is 15.2. The topological polar surface area (TPSA) is 86.8 Å². The quantitative estimate of drug-likeness (QED) is 0.289. The maximum Gasteiger partial charge on any atom is 0.264 e. The third kappa shape index (κ3) is 8.06. The summed E-state index contributed by atoms with van der Waals surface area (Å²) in [5.41, 5.74) is 1.72. The summed E-state index contributed by atoms with van der Waals surface area (Å²) in [6, 6.07) is 19.4. The van der Waals surface area contributed by atoms with E-state index in [1.54, 1.807) is 44.2 Å². The Kier molecular flexibility index (Phi) is 10.6. The van der Waals surface area contributed by atoms with Crippen molar-refractivity contribution in [1.82, 2.24) is 10.2 Å². The van der Waals surface area contributed by atoms with Gasteiger partial charge in [-0.2, -0.15) is 0 Å². The van der Waals surface area contributed by atoms with Crippen LogP contribution in [0.4, 0.5) is 5.69 Å². The minimum Gasteiger partial charge on any atom is -0.354 e. The van der Waals surface area contributed by atoms with Gasteiger partial charge in [0.25, 0.3) is 10.0 Å². The van der Waals surface area contributed by atoms with Crippen LogP contribution >= 0.6 is 27.5 Å². The minimum absolute atomic E-state index is 0.0411. The molecule has 10 heteroatoms. The molecule has 0 aliphatic rings. The maximum atomic E-state index is 14.0. The van der Waals surface area contributed by atoms with Crippen LogP contribution in [-0.4, -0.2) is 44.3 Å². The van der Waals surface area contributed by atoms with Gasteiger partial charge in [0.1, 0.15) is 12.6 Å². The van der Waals surface area contributed by atoms with E-state index in [0.717, 1.165) is 14.3 Å². The standard InChI is InChI=1S/C29H33BrClN3O4S/c1-20(2)17-32-29(36)22(4)33(18-23-11-13-24(30)14-12-23)28(35)19-34(27-16-25(31)15-10-21(27)3)39(37,38)26-8-6-5-7-9-26/h5-16,20,22H,17-19H2,1-4H3,(H,32,36)/t22-/m0/s1. The van der Waals surface area contributed by atoms with Crippen molar-refractivity contribution in [3.63, 3.8) is 0 Å². The van der Waals surface area contributed by atoms with Crippen molar-refractivity contribution in [1.29, 1.82) is 0 Å². The van der Waals surface area contributed by atoms with Gasteiger partial charge >= 0.3 is 0 Å². The van der Waals surface area contributed by atoms with Crippen LogP contribution in [0, 0.1) is 12.8 Å². The van der Waals surface area contributed by atoms with Crippen LogP contribution in [0.3, 0.4) is 0 Å². The maximum absolute atomic E-state index is 14.0. The number of halogens is 2. The van der Waals surface area contributed by atoms with Crippen molar-refractivity contribution in [2.45, 2.75) is 45.2 Å². The van der Waals surface area contributed by atoms with E-state index in [1.807, 2.05) is 38.1 Å². The Hall–Kier alpha value is -2.88. The lowest BCUT2D eigenvalue weighted by atomic mass is 10.1. The molecule has 1 atom stereocenters. The van der Waals surface area contributed by atoms with Crippen LogP contribution in [0.1, 0.15) is 31.9 Å². The van der Waals surface area contributed by atoms with Crippen LogP contribution in [0.15, 0.2) is 82.2 Å². The van der Waals surface area contributed by atoms with Gasteiger partial charge in [0.15, 0.2) is 0 Å². The van der Waals surface area contributed by atoms with E-state index in [4.69, 9.17) is 11.6 Å². The molecule has 1 N–H and O–H groups in total. The molecule has 39 heavy (non-hydrogen) atoms. The lowest BCUT2D eigenvalue weighted by Gasteiger charge is -2.32. The highest BCUT2D eigenvalue weighted by Crippen LogP contribution is 2.30. The Morgan fingerprint density at radius 1 is 0.974 bits per heavy atom. The highest BCUT2D eigenvalue weighted by atomic mass is 79.9. The van der Waals surface area contributed by atoms with E-state index >= 15 is 0 Å². The zero-order valence-electron chi connectivity index (χ0n) is 22.4. The summed E-state index contributed by atoms with van der Waals surface area (Å²) in [5.74, 6) is -0.608. The van der Waals surface area contributed by atoms with Gasteiger partial charge in [-0.05, 0) is 67.3 Å². The Labute approximate surface area is 244 Å². The summed E-state index contributed by atoms with van der Waals surface area (Å²) in [7, 11) is -4.15. The summed E-state index contributed by atoms with van der Waals surface area (Å²) in [6.45, 7) is 7.43. The Morgan fingerprint density at radius 2 is 1.62 bits per heavy atom. The summed E-state index contributed by atoms with van der Waals surface area (Å²) >= 11 is 9.67. The van der Waals surface area contributed by atoms with E-state index < -0.39 is 28.5 Å². The summed E-state index contributed by atoms with van der Waals surface area (Å²) in [4.78, 5) is 28.5. The van der Waals surface area contributed by atoms with E-state index in [2.05, 4.69) is 21.2 Å². The molecule has 0 aliphatic carbocycles. The number of carbonyl (C=O) groups is 2. The first-order valence-electron chi connectivity index (χ1n) is 12.6. The van der Waals surface area contributed by atoms with E-state index in [1.165, 1.54) is 23.1 Å². The predicted molar refractivity (Wildman–Crippen MR) is 159 cm³/mol. The third-order valence-corrected chi connectivity index (χ3v) is 8.71. The largest absolute Gasteiger partial charge is 0.354 e. The first kappa shape index (κ1) is 30.7. The lowest BCUT2D eigenvalue weighted by Crippen LogP contribution is -2.51. The van der Waals surface area contributed by atoms with Crippen molar-refractivity contribution in [2.75, 3.05) is 17.4 Å². The molecular weight excluding hydrogens is 602 g/mol. The number of aryl methyl sites for hydroxylation is 1. The average molecular weight is 635 g/mol. The molecular formula is C29H33BrClN3O4S. The van der Waals surface area contributed by atoms with Gasteiger partial charge in [-0.15, -0.1) is 0 Å². The molecule has 0 spiro atoms. The molecule has 0 aromatic heterocycles. The van der Waals surface area contributed by atoms with Gasteiger partial charge in [-0.1, -0.05) is 77.8 Å². The Balaban J connectivity index is 2.03. The van der Waals surface area contributed by atoms with Gasteiger partial charge in [0.05, 0.1) is 10.6 Å². The second kappa shape index (κ2) is 13.5. The first-order chi connectivity index (χ1) is 18.4. The Morgan fingerprint density at radius 3 is 2.23 bits per heavy atom. The SMILES string of the molecule is Cc1ccc(Cl)cc1N(CC(=O)N(Cc1ccc(Br)cc1)[C@@H](C)C(=O)NCC(C)C)S(=O)(=O)c1ccccc1. The van der Waals surface area contributed by atoms with E-state index in [9.17, 15) is 18.0 Å². The van der Waals surface area contributed by atoms with E-state index in [-0.39, 0.29) is 23.3 Å². The number of nitrogens with one attached hydrogen (secondary N) is 1. The van der Waals surface area contributed by atoms with Gasteiger partial charge in [0.2, 0.25) is 11.8 Å².